The molecule has 0 saturated heterocycles. The zero-order valence-corrected chi connectivity index (χ0v) is 8.10. The Labute approximate surface area is 86.8 Å². The molecule has 3 nitrogen and oxygen atoms in total. The normalized spacial score (nSPS) is 12.9. The molecule has 0 radical (unpaired) electrons. The van der Waals surface area contributed by atoms with Gasteiger partial charge in [0.15, 0.2) is 5.78 Å². The molecular weight excluding hydrogens is 233 g/mol. The Morgan fingerprint density at radius 2 is 2.00 bits per heavy atom. The van der Waals surface area contributed by atoms with E-state index in [2.05, 4.69) is 0 Å². The van der Waals surface area contributed by atoms with E-state index in [1.165, 1.54) is 17.5 Å². The highest BCUT2D eigenvalue weighted by molar-refractivity contribution is 7.12. The fraction of sp³-hybridized carbons (Fsp3) is 0.375. The van der Waals surface area contributed by atoms with Crippen LogP contribution < -0.4 is 0 Å². The minimum absolute atomic E-state index is 0.0618. The third kappa shape index (κ3) is 2.77. The molecule has 2 N–H and O–H groups in total. The molecule has 0 atom stereocenters. The van der Waals surface area contributed by atoms with Crippen molar-refractivity contribution in [3.05, 3.63) is 22.4 Å². The molecule has 0 spiro atoms. The molecule has 1 aromatic rings. The molecule has 0 saturated carbocycles. The van der Waals surface area contributed by atoms with Crippen LogP contribution in [0.4, 0.5) is 13.2 Å². The summed E-state index contributed by atoms with van der Waals surface area (Å²) in [5, 5.41) is 18.8. The molecule has 0 aliphatic carbocycles. The largest absolute Gasteiger partial charge is 0.443 e. The summed E-state index contributed by atoms with van der Waals surface area (Å²) in [6.45, 7) is 0. The van der Waals surface area contributed by atoms with Gasteiger partial charge >= 0.3 is 6.18 Å². The van der Waals surface area contributed by atoms with Crippen LogP contribution >= 0.6 is 11.3 Å². The van der Waals surface area contributed by atoms with Crippen LogP contribution in [0, 0.1) is 0 Å². The second-order valence-electron chi connectivity index (χ2n) is 2.89. The Kier molecular flexibility index (Phi) is 3.17. The average molecular weight is 240 g/mol. The maximum atomic E-state index is 12.0. The molecule has 0 aromatic carbocycles. The van der Waals surface area contributed by atoms with Crippen LogP contribution in [0.15, 0.2) is 17.5 Å². The van der Waals surface area contributed by atoms with Gasteiger partial charge in [0, 0.05) is 0 Å². The summed E-state index contributed by atoms with van der Waals surface area (Å²) in [4.78, 5) is 11.2. The van der Waals surface area contributed by atoms with E-state index in [-0.39, 0.29) is 4.88 Å². The van der Waals surface area contributed by atoms with Crippen molar-refractivity contribution in [2.45, 2.75) is 18.4 Å². The fourth-order valence-electron chi connectivity index (χ4n) is 0.848. The number of carbonyl (C=O) groups excluding carboxylic acids is 1. The van der Waals surface area contributed by atoms with Crippen LogP contribution in [0.5, 0.6) is 0 Å². The third-order valence-electron chi connectivity index (χ3n) is 1.66. The lowest BCUT2D eigenvalue weighted by molar-refractivity contribution is -0.345. The number of aliphatic hydroxyl groups is 2. The quantitative estimate of drug-likeness (QED) is 0.622. The van der Waals surface area contributed by atoms with E-state index >= 15 is 0 Å². The van der Waals surface area contributed by atoms with Gasteiger partial charge in [0.25, 0.3) is 5.79 Å². The van der Waals surface area contributed by atoms with E-state index in [1.54, 1.807) is 0 Å². The number of hydrogen-bond acceptors (Lipinski definition) is 4. The first kappa shape index (κ1) is 12.2. The van der Waals surface area contributed by atoms with Gasteiger partial charge < -0.3 is 10.2 Å². The van der Waals surface area contributed by atoms with Crippen LogP contribution in [0.25, 0.3) is 0 Å². The zero-order chi connectivity index (χ0) is 11.7. The van der Waals surface area contributed by atoms with Gasteiger partial charge in [0.05, 0.1) is 11.3 Å². The predicted molar refractivity (Wildman–Crippen MR) is 46.5 cm³/mol. The molecule has 7 heteroatoms. The molecule has 1 heterocycles. The van der Waals surface area contributed by atoms with Gasteiger partial charge in [-0.05, 0) is 11.4 Å². The first-order valence-electron chi connectivity index (χ1n) is 3.82. The highest BCUT2D eigenvalue weighted by Gasteiger charge is 2.54. The molecule has 0 unspecified atom stereocenters. The maximum Gasteiger partial charge on any atom is 0.443 e. The summed E-state index contributed by atoms with van der Waals surface area (Å²) in [6, 6.07) is 2.81. The van der Waals surface area contributed by atoms with Crippen LogP contribution in [-0.4, -0.2) is 28.0 Å². The second-order valence-corrected chi connectivity index (χ2v) is 3.84. The number of alkyl halides is 3. The van der Waals surface area contributed by atoms with Gasteiger partial charge in [-0.15, -0.1) is 11.3 Å². The monoisotopic (exact) mass is 240 g/mol. The molecule has 1 aromatic heterocycles. The summed E-state index contributed by atoms with van der Waals surface area (Å²) < 4.78 is 36.0. The minimum Gasteiger partial charge on any atom is -0.358 e. The molecule has 0 bridgehead atoms. The number of ketones is 1. The van der Waals surface area contributed by atoms with E-state index in [9.17, 15) is 18.0 Å². The molecule has 1 rings (SSSR count). The SMILES string of the molecule is O=C(CC(O)(O)C(F)(F)F)c1cccs1. The van der Waals surface area contributed by atoms with E-state index in [1.807, 2.05) is 0 Å². The fourth-order valence-corrected chi connectivity index (χ4v) is 1.51. The van der Waals surface area contributed by atoms with Crippen molar-refractivity contribution < 1.29 is 28.2 Å². The molecule has 15 heavy (non-hydrogen) atoms. The van der Waals surface area contributed by atoms with E-state index in [0.29, 0.717) is 0 Å². The average Bonchev–Trinajstić information content (AvgIpc) is 2.51. The summed E-state index contributed by atoms with van der Waals surface area (Å²) >= 11 is 0.943. The lowest BCUT2D eigenvalue weighted by Gasteiger charge is -2.23. The summed E-state index contributed by atoms with van der Waals surface area (Å²) in [5.41, 5.74) is 0. The molecule has 0 amide bonds. The van der Waals surface area contributed by atoms with Crippen molar-refractivity contribution in [3.8, 4) is 0 Å². The third-order valence-corrected chi connectivity index (χ3v) is 2.57. The summed E-state index contributed by atoms with van der Waals surface area (Å²) in [5.74, 6) is -4.92. The molecule has 0 aliphatic heterocycles. The van der Waals surface area contributed by atoms with Crippen molar-refractivity contribution in [1.29, 1.82) is 0 Å². The number of hydrogen-bond donors (Lipinski definition) is 2. The highest BCUT2D eigenvalue weighted by Crippen LogP contribution is 2.32. The van der Waals surface area contributed by atoms with E-state index in [0.717, 1.165) is 11.3 Å². The standard InChI is InChI=1S/C8H7F3O3S/c9-8(10,11)7(13,14)4-5(12)6-2-1-3-15-6/h1-3,13-14H,4H2. The van der Waals surface area contributed by atoms with Crippen molar-refractivity contribution in [2.75, 3.05) is 0 Å². The van der Waals surface area contributed by atoms with Crippen molar-refractivity contribution >= 4 is 17.1 Å². The van der Waals surface area contributed by atoms with Gasteiger partial charge in [-0.25, -0.2) is 0 Å². The number of halogens is 3. The van der Waals surface area contributed by atoms with Crippen LogP contribution in [0.2, 0.25) is 0 Å². The first-order chi connectivity index (χ1) is 6.74. The molecule has 0 aliphatic rings. The Hall–Kier alpha value is -0.920. The zero-order valence-electron chi connectivity index (χ0n) is 7.28. The predicted octanol–water partition coefficient (Wildman–Crippen LogP) is 1.56. The molecular formula is C8H7F3O3S. The van der Waals surface area contributed by atoms with E-state index < -0.39 is 24.2 Å². The van der Waals surface area contributed by atoms with Crippen LogP contribution in [0.3, 0.4) is 0 Å². The maximum absolute atomic E-state index is 12.0. The summed E-state index contributed by atoms with van der Waals surface area (Å²) in [7, 11) is 0. The lowest BCUT2D eigenvalue weighted by Crippen LogP contribution is -2.46. The van der Waals surface area contributed by atoms with E-state index in [4.69, 9.17) is 10.2 Å². The van der Waals surface area contributed by atoms with Crippen LogP contribution in [-0.2, 0) is 0 Å². The Bertz CT molecular complexity index is 343. The molecule has 84 valence electrons. The van der Waals surface area contributed by atoms with Gasteiger partial charge in [-0.2, -0.15) is 13.2 Å². The smallest absolute Gasteiger partial charge is 0.358 e. The second kappa shape index (κ2) is 3.92. The minimum atomic E-state index is -5.24. The van der Waals surface area contributed by atoms with Crippen molar-refractivity contribution in [3.63, 3.8) is 0 Å². The number of thiophene rings is 1. The Balaban J connectivity index is 2.75. The Morgan fingerprint density at radius 3 is 2.40 bits per heavy atom. The highest BCUT2D eigenvalue weighted by atomic mass is 32.1. The van der Waals surface area contributed by atoms with Gasteiger partial charge in [0.2, 0.25) is 0 Å². The first-order valence-corrected chi connectivity index (χ1v) is 4.70. The Morgan fingerprint density at radius 1 is 1.40 bits per heavy atom. The summed E-state index contributed by atoms with van der Waals surface area (Å²) in [6.07, 6.45) is -6.63. The lowest BCUT2D eigenvalue weighted by atomic mass is 10.1. The molecule has 0 fully saturated rings. The number of carbonyl (C=O) groups is 1. The van der Waals surface area contributed by atoms with Gasteiger partial charge in [-0.1, -0.05) is 6.07 Å². The number of rotatable bonds is 3. The van der Waals surface area contributed by atoms with Gasteiger partial charge in [-0.3, -0.25) is 4.79 Å². The van der Waals surface area contributed by atoms with Crippen molar-refractivity contribution in [1.82, 2.24) is 0 Å². The van der Waals surface area contributed by atoms with Gasteiger partial charge in [0.1, 0.15) is 0 Å². The van der Waals surface area contributed by atoms with Crippen molar-refractivity contribution in [2.24, 2.45) is 0 Å². The number of Topliss-reactive ketones (excluding diaryl/α,β-unsaturated/α-hetero) is 1. The van der Waals surface area contributed by atoms with Crippen LogP contribution in [0.1, 0.15) is 16.1 Å². The topological polar surface area (TPSA) is 57.5 Å².